The number of aliphatic imine (C=N–C) groups is 1. The summed E-state index contributed by atoms with van der Waals surface area (Å²) in [5.74, 6) is 0. The van der Waals surface area contributed by atoms with Gasteiger partial charge in [-0.3, -0.25) is 4.99 Å². The zero-order valence-electron chi connectivity index (χ0n) is 10.1. The average molecular weight is 197 g/mol. The third kappa shape index (κ3) is 11.7. The minimum Gasteiger partial charge on any atom is -0.298 e. The van der Waals surface area contributed by atoms with E-state index >= 15 is 0 Å². The van der Waals surface area contributed by atoms with Gasteiger partial charge in [0.1, 0.15) is 0 Å². The number of hydrogen-bond donors (Lipinski definition) is 0. The summed E-state index contributed by atoms with van der Waals surface area (Å²) in [6.45, 7) is 5.30. The Bertz CT molecular complexity index is 118. The van der Waals surface area contributed by atoms with Gasteiger partial charge in [0, 0.05) is 6.54 Å². The maximum absolute atomic E-state index is 4.21. The summed E-state index contributed by atoms with van der Waals surface area (Å²) in [7, 11) is 0. The lowest BCUT2D eigenvalue weighted by atomic mass is 10.1. The Balaban J connectivity index is 2.85. The summed E-state index contributed by atoms with van der Waals surface area (Å²) in [6.07, 6.45) is 14.5. The van der Waals surface area contributed by atoms with E-state index in [0.29, 0.717) is 0 Å². The lowest BCUT2D eigenvalue weighted by molar-refractivity contribution is 0.567. The van der Waals surface area contributed by atoms with Crippen molar-refractivity contribution in [2.75, 3.05) is 6.54 Å². The summed E-state index contributed by atoms with van der Waals surface area (Å²) in [6, 6.07) is 0. The number of hydrogen-bond acceptors (Lipinski definition) is 1. The zero-order valence-corrected chi connectivity index (χ0v) is 10.1. The van der Waals surface area contributed by atoms with Crippen LogP contribution < -0.4 is 0 Å². The summed E-state index contributed by atoms with van der Waals surface area (Å²) >= 11 is 0. The highest BCUT2D eigenvalue weighted by Crippen LogP contribution is 2.09. The van der Waals surface area contributed by atoms with Crippen LogP contribution in [-0.2, 0) is 0 Å². The van der Waals surface area contributed by atoms with Crippen molar-refractivity contribution in [3.63, 3.8) is 0 Å². The smallest absolute Gasteiger partial charge is 0.0385 e. The molecule has 0 heterocycles. The van der Waals surface area contributed by atoms with Crippen molar-refractivity contribution in [2.45, 2.75) is 71.6 Å². The minimum atomic E-state index is 1.03. The van der Waals surface area contributed by atoms with E-state index in [-0.39, 0.29) is 0 Å². The molecule has 0 saturated carbocycles. The minimum absolute atomic E-state index is 1.03. The molecule has 0 aromatic carbocycles. The first-order valence-corrected chi connectivity index (χ1v) is 6.36. The van der Waals surface area contributed by atoms with Gasteiger partial charge in [0.15, 0.2) is 0 Å². The predicted molar refractivity (Wildman–Crippen MR) is 66.3 cm³/mol. The predicted octanol–water partition coefficient (Wildman–Crippen LogP) is 4.61. The first-order chi connectivity index (χ1) is 6.91. The molecule has 0 aliphatic rings. The molecule has 1 nitrogen and oxygen atoms in total. The lowest BCUT2D eigenvalue weighted by Crippen LogP contribution is -1.84. The topological polar surface area (TPSA) is 12.4 Å². The summed E-state index contributed by atoms with van der Waals surface area (Å²) < 4.78 is 0. The summed E-state index contributed by atoms with van der Waals surface area (Å²) in [5, 5.41) is 0. The van der Waals surface area contributed by atoms with E-state index in [9.17, 15) is 0 Å². The fourth-order valence-electron chi connectivity index (χ4n) is 1.64. The van der Waals surface area contributed by atoms with Gasteiger partial charge < -0.3 is 0 Å². The van der Waals surface area contributed by atoms with Crippen LogP contribution in [0.2, 0.25) is 0 Å². The number of unbranched alkanes of at least 4 members (excludes halogenated alkanes) is 8. The Morgan fingerprint density at radius 1 is 0.786 bits per heavy atom. The highest BCUT2D eigenvalue weighted by molar-refractivity contribution is 5.53. The highest BCUT2D eigenvalue weighted by atomic mass is 14.7. The Morgan fingerprint density at radius 2 is 1.29 bits per heavy atom. The zero-order chi connectivity index (χ0) is 10.5. The molecule has 0 N–H and O–H groups in total. The van der Waals surface area contributed by atoms with Gasteiger partial charge in [-0.05, 0) is 19.6 Å². The van der Waals surface area contributed by atoms with Crippen LogP contribution in [-0.4, -0.2) is 12.8 Å². The van der Waals surface area contributed by atoms with Crippen LogP contribution in [0.5, 0.6) is 0 Å². The van der Waals surface area contributed by atoms with Crippen molar-refractivity contribution in [1.82, 2.24) is 0 Å². The second-order valence-corrected chi connectivity index (χ2v) is 3.99. The fraction of sp³-hybridized carbons (Fsp3) is 0.923. The largest absolute Gasteiger partial charge is 0.298 e. The van der Waals surface area contributed by atoms with Crippen molar-refractivity contribution in [2.24, 2.45) is 4.99 Å². The SMILES string of the molecule is CC=NCCCCCCCCCCC. The van der Waals surface area contributed by atoms with Crippen molar-refractivity contribution in [1.29, 1.82) is 0 Å². The van der Waals surface area contributed by atoms with E-state index in [1.165, 1.54) is 57.8 Å². The molecule has 0 spiro atoms. The van der Waals surface area contributed by atoms with Crippen molar-refractivity contribution >= 4 is 6.21 Å². The number of nitrogens with zero attached hydrogens (tertiary/aromatic N) is 1. The van der Waals surface area contributed by atoms with E-state index in [0.717, 1.165) is 6.54 Å². The van der Waals surface area contributed by atoms with Crippen LogP contribution in [0.3, 0.4) is 0 Å². The molecular weight excluding hydrogens is 170 g/mol. The Labute approximate surface area is 90.0 Å². The molecule has 0 unspecified atom stereocenters. The molecule has 0 aliphatic carbocycles. The Hall–Kier alpha value is -0.330. The highest BCUT2D eigenvalue weighted by Gasteiger charge is 1.90. The van der Waals surface area contributed by atoms with Gasteiger partial charge in [-0.25, -0.2) is 0 Å². The van der Waals surface area contributed by atoms with Crippen molar-refractivity contribution < 1.29 is 0 Å². The molecule has 14 heavy (non-hydrogen) atoms. The maximum Gasteiger partial charge on any atom is 0.0385 e. The van der Waals surface area contributed by atoms with E-state index in [4.69, 9.17) is 0 Å². The Kier molecular flexibility index (Phi) is 12.4. The van der Waals surface area contributed by atoms with Gasteiger partial charge in [0.05, 0.1) is 0 Å². The van der Waals surface area contributed by atoms with Gasteiger partial charge in [-0.1, -0.05) is 58.3 Å². The third-order valence-corrected chi connectivity index (χ3v) is 2.57. The van der Waals surface area contributed by atoms with Crippen molar-refractivity contribution in [3.05, 3.63) is 0 Å². The standard InChI is InChI=1S/C13H27N/c1-3-5-6-7-8-9-10-11-12-13-14-4-2/h4H,3,5-13H2,1-2H3. The molecule has 84 valence electrons. The molecule has 0 radical (unpaired) electrons. The van der Waals surface area contributed by atoms with E-state index in [1.54, 1.807) is 0 Å². The fourth-order valence-corrected chi connectivity index (χ4v) is 1.64. The quantitative estimate of drug-likeness (QED) is 0.358. The monoisotopic (exact) mass is 197 g/mol. The number of rotatable bonds is 10. The van der Waals surface area contributed by atoms with Gasteiger partial charge in [-0.2, -0.15) is 0 Å². The van der Waals surface area contributed by atoms with Gasteiger partial charge in [-0.15, -0.1) is 0 Å². The van der Waals surface area contributed by atoms with Crippen molar-refractivity contribution in [3.8, 4) is 0 Å². The molecule has 0 fully saturated rings. The lowest BCUT2D eigenvalue weighted by Gasteiger charge is -2.00. The van der Waals surface area contributed by atoms with Gasteiger partial charge >= 0.3 is 0 Å². The molecule has 0 aromatic heterocycles. The second-order valence-electron chi connectivity index (χ2n) is 3.99. The average Bonchev–Trinajstić information content (AvgIpc) is 2.21. The van der Waals surface area contributed by atoms with Gasteiger partial charge in [0.2, 0.25) is 0 Å². The molecule has 0 aliphatic heterocycles. The molecule has 0 atom stereocenters. The molecule has 0 aromatic rings. The van der Waals surface area contributed by atoms with E-state index in [1.807, 2.05) is 13.1 Å². The molecule has 0 bridgehead atoms. The molecule has 0 amide bonds. The third-order valence-electron chi connectivity index (χ3n) is 2.57. The van der Waals surface area contributed by atoms with E-state index in [2.05, 4.69) is 11.9 Å². The van der Waals surface area contributed by atoms with Crippen LogP contribution >= 0.6 is 0 Å². The first-order valence-electron chi connectivity index (χ1n) is 6.36. The first kappa shape index (κ1) is 13.7. The van der Waals surface area contributed by atoms with Crippen LogP contribution in [0.25, 0.3) is 0 Å². The van der Waals surface area contributed by atoms with E-state index < -0.39 is 0 Å². The summed E-state index contributed by atoms with van der Waals surface area (Å²) in [4.78, 5) is 4.21. The van der Waals surface area contributed by atoms with Gasteiger partial charge in [0.25, 0.3) is 0 Å². The van der Waals surface area contributed by atoms with Crippen LogP contribution in [0.4, 0.5) is 0 Å². The maximum atomic E-state index is 4.21. The summed E-state index contributed by atoms with van der Waals surface area (Å²) in [5.41, 5.74) is 0. The molecule has 1 heteroatoms. The van der Waals surface area contributed by atoms with Crippen LogP contribution in [0.1, 0.15) is 71.6 Å². The van der Waals surface area contributed by atoms with Crippen LogP contribution in [0.15, 0.2) is 4.99 Å². The molecular formula is C13H27N. The van der Waals surface area contributed by atoms with Crippen LogP contribution in [0, 0.1) is 0 Å². The second kappa shape index (κ2) is 12.7. The molecule has 0 rings (SSSR count). The molecule has 0 saturated heterocycles. The Morgan fingerprint density at radius 3 is 1.79 bits per heavy atom. The normalized spacial score (nSPS) is 11.3.